The van der Waals surface area contributed by atoms with Crippen molar-refractivity contribution in [3.63, 3.8) is 0 Å². The van der Waals surface area contributed by atoms with Gasteiger partial charge < -0.3 is 8.23 Å². The number of benzene rings is 4. The average molecular weight is 1550 g/mol. The Morgan fingerprint density at radius 3 is 1.19 bits per heavy atom. The monoisotopic (exact) mass is 1540 g/mol. The number of unbranched alkanes of at least 4 members (excludes halogenated alkanes) is 1. The summed E-state index contributed by atoms with van der Waals surface area (Å²) in [6.07, 6.45) is -10.8. The van der Waals surface area contributed by atoms with Crippen LogP contribution in [0.25, 0.3) is 21.5 Å². The van der Waals surface area contributed by atoms with E-state index in [4.69, 9.17) is 38.2 Å². The van der Waals surface area contributed by atoms with Crippen LogP contribution in [0.5, 0.6) is 0 Å². The molecule has 0 amide bonds. The zero-order valence-corrected chi connectivity index (χ0v) is 63.6. The average Bonchev–Trinajstić information content (AvgIpc) is 1.49. The molecule has 0 N–H and O–H groups in total. The topological polar surface area (TPSA) is 102 Å². The molecule has 96 heavy (non-hydrogen) atoms. The van der Waals surface area contributed by atoms with Gasteiger partial charge in [0, 0.05) is 109 Å². The van der Waals surface area contributed by atoms with Gasteiger partial charge in [-0.05, 0) is 155 Å². The quantitative estimate of drug-likeness (QED) is 0.0268. The lowest BCUT2D eigenvalue weighted by molar-refractivity contribution is -0.282. The molecule has 1 unspecified atom stereocenters. The zero-order chi connectivity index (χ0) is 69.9. The van der Waals surface area contributed by atoms with Crippen molar-refractivity contribution >= 4 is 176 Å². The van der Waals surface area contributed by atoms with Gasteiger partial charge in [0.2, 0.25) is 5.92 Å². The second-order valence-electron chi connectivity index (χ2n) is 23.7. The van der Waals surface area contributed by atoms with Gasteiger partial charge in [-0.2, -0.15) is 48.3 Å². The second-order valence-corrected chi connectivity index (χ2v) is 42.4. The number of fused-ring (bicyclic) bond motifs is 14. The molecule has 4 aliphatic heterocycles. The first kappa shape index (κ1) is 75.4. The van der Waals surface area contributed by atoms with Crippen LogP contribution in [-0.2, 0) is 8.23 Å². The van der Waals surface area contributed by atoms with E-state index in [-0.39, 0.29) is 58.0 Å². The lowest BCUT2D eigenvalue weighted by Crippen LogP contribution is -2.71. The normalized spacial score (nSPS) is 17.0. The molecule has 4 aromatic carbocycles. The third-order valence-corrected chi connectivity index (χ3v) is 37.8. The largest absolute Gasteiger partial charge is 0.582 e. The van der Waals surface area contributed by atoms with Crippen molar-refractivity contribution in [3.05, 3.63) is 81.8 Å². The summed E-state index contributed by atoms with van der Waals surface area (Å²) < 4.78 is 220. The number of halogens is 13. The zero-order valence-electron chi connectivity index (χ0n) is 54.1. The highest BCUT2D eigenvalue weighted by atomic mass is 32.2. The number of hydrogen-bond acceptors (Lipinski definition) is 16. The van der Waals surface area contributed by atoms with Crippen molar-refractivity contribution in [1.29, 1.82) is 0 Å². The summed E-state index contributed by atoms with van der Waals surface area (Å²) in [7, 11) is -15.8. The first-order valence-corrected chi connectivity index (χ1v) is 47.2. The molecule has 4 aliphatic rings. The van der Waals surface area contributed by atoms with Crippen LogP contribution in [0.3, 0.4) is 0 Å². The van der Waals surface area contributed by atoms with Crippen LogP contribution in [0, 0.1) is 0 Å². The van der Waals surface area contributed by atoms with Crippen LogP contribution < -0.4 is 11.0 Å². The van der Waals surface area contributed by atoms with Gasteiger partial charge in [0.1, 0.15) is 22.6 Å². The smallest absolute Gasteiger partial charge is 0.404 e. The summed E-state index contributed by atoms with van der Waals surface area (Å²) in [6.45, 7) is 6.20. The highest BCUT2D eigenvalue weighted by Gasteiger charge is 2.63. The lowest BCUT2D eigenvalue weighted by Gasteiger charge is -2.46. The highest BCUT2D eigenvalue weighted by molar-refractivity contribution is 8.00. The number of aliphatic imine (C=N–C) groups is 4. The Balaban J connectivity index is 1.62. The van der Waals surface area contributed by atoms with E-state index in [0.29, 0.717) is 102 Å². The molecule has 0 spiro atoms. The van der Waals surface area contributed by atoms with E-state index in [1.165, 1.54) is 94.1 Å². The van der Waals surface area contributed by atoms with E-state index in [0.717, 1.165) is 6.92 Å². The molecule has 0 fully saturated rings. The van der Waals surface area contributed by atoms with Gasteiger partial charge in [-0.15, -0.1) is 94.1 Å². The van der Waals surface area contributed by atoms with Crippen LogP contribution in [0.2, 0.25) is 36.8 Å². The number of nitrogens with zero attached hydrogens (tertiary/aromatic N) is 8. The molecule has 0 aliphatic carbocycles. The predicted octanol–water partition coefficient (Wildman–Crippen LogP) is 21.2. The van der Waals surface area contributed by atoms with Crippen LogP contribution in [0.15, 0.2) is 118 Å². The van der Waals surface area contributed by atoms with Crippen molar-refractivity contribution in [2.24, 2.45) is 30.0 Å². The van der Waals surface area contributed by atoms with Crippen molar-refractivity contribution in [2.75, 3.05) is 49.5 Å². The summed E-state index contributed by atoms with van der Waals surface area (Å²) in [5, 5.41) is 1.40. The van der Waals surface area contributed by atoms with Gasteiger partial charge in [0.15, 0.2) is 40.0 Å². The summed E-state index contributed by atoms with van der Waals surface area (Å²) >= 11 is 10.8. The summed E-state index contributed by atoms with van der Waals surface area (Å²) in [5.74, 6) is -8.36. The molecule has 6 aromatic rings. The Bertz CT molecular complexity index is 4200. The van der Waals surface area contributed by atoms with Gasteiger partial charge in [0.05, 0.1) is 0 Å². The fourth-order valence-electron chi connectivity index (χ4n) is 12.7. The number of alkyl halides is 13. The Labute approximate surface area is 585 Å². The van der Waals surface area contributed by atoms with E-state index in [2.05, 4.69) is 0 Å². The Hall–Kier alpha value is -3.30. The van der Waals surface area contributed by atoms with E-state index in [1.54, 1.807) is 15.0 Å². The maximum absolute atomic E-state index is 16.4. The van der Waals surface area contributed by atoms with Crippen molar-refractivity contribution in [2.45, 2.75) is 178 Å². The van der Waals surface area contributed by atoms with Crippen molar-refractivity contribution in [3.8, 4) is 0 Å². The van der Waals surface area contributed by atoms with Crippen LogP contribution >= 0.6 is 94.1 Å². The van der Waals surface area contributed by atoms with Gasteiger partial charge in [0.25, 0.3) is 0 Å². The highest BCUT2D eigenvalue weighted by Crippen LogP contribution is 2.54. The van der Waals surface area contributed by atoms with E-state index in [9.17, 15) is 26.3 Å². The molecular formula is C62H69F13N8O2S8Si3. The van der Waals surface area contributed by atoms with Crippen LogP contribution in [0.4, 0.5) is 68.7 Å². The molecule has 2 aromatic heterocycles. The van der Waals surface area contributed by atoms with E-state index < -0.39 is 113 Å². The fourth-order valence-corrected chi connectivity index (χ4v) is 34.0. The van der Waals surface area contributed by atoms with Crippen LogP contribution in [-0.4, -0.2) is 137 Å². The Kier molecular flexibility index (Phi) is 22.9. The molecule has 6 heterocycles. The Morgan fingerprint density at radius 1 is 0.427 bits per heavy atom. The lowest BCUT2D eigenvalue weighted by atomic mass is 10.1. The minimum absolute atomic E-state index is 0.0481. The first-order valence-electron chi connectivity index (χ1n) is 30.6. The molecule has 0 radical (unpaired) electrons. The number of aromatic nitrogens is 2. The molecule has 10 nitrogen and oxygen atoms in total. The molecule has 2 atom stereocenters. The Morgan fingerprint density at radius 2 is 0.812 bits per heavy atom. The van der Waals surface area contributed by atoms with Crippen molar-refractivity contribution in [1.82, 2.24) is 8.47 Å². The van der Waals surface area contributed by atoms with E-state index >= 15 is 30.7 Å². The van der Waals surface area contributed by atoms with Gasteiger partial charge >= 0.3 is 33.3 Å². The number of amidine groups is 4. The standard InChI is InChI=1S/C62H69F13N8O2S8Si3/c1-12-14-29-94(11,32-27-58(3,63)64)84-96(85-95(30-15-25-60(67,68)69,31-16-26-61(70,71)72)33-28-59(65,66)62(73,74)75)82-54-46-38(90-8)21-22-39(91-9)47(46)55(82)79-51-44-36(88-6)19-20-37(89-7)45(44)53(77-51)81-57-49-41(93-13-2)24-23-40(92-10)48(49)56(83(57)96)80-52-43-35(87-5)18-17-34(86-4)42(43)50(76-52)78-54/h17-24H,12-16,25-33H2,1-11H3/t94?,96-/m0/s1. The molecule has 0 saturated carbocycles. The van der Waals surface area contributed by atoms with E-state index in [1.807, 2.05) is 106 Å². The maximum atomic E-state index is 16.4. The summed E-state index contributed by atoms with van der Waals surface area (Å²) in [4.78, 5) is 38.5. The maximum Gasteiger partial charge on any atom is 0.582 e. The molecule has 34 heteroatoms. The minimum atomic E-state index is -6.26. The number of rotatable bonds is 28. The fraction of sp³-hybridized carbons (Fsp3) is 0.484. The third-order valence-electron chi connectivity index (χ3n) is 17.2. The summed E-state index contributed by atoms with van der Waals surface area (Å²) in [6, 6.07) is 11.4. The van der Waals surface area contributed by atoms with Crippen molar-refractivity contribution < 1.29 is 65.3 Å². The molecular weight excluding hydrogens is 1480 g/mol. The minimum Gasteiger partial charge on any atom is -0.404 e. The summed E-state index contributed by atoms with van der Waals surface area (Å²) in [5.41, 5.74) is 1.94. The third kappa shape index (κ3) is 14.8. The number of hydrogen-bond donors (Lipinski definition) is 0. The first-order chi connectivity index (χ1) is 45.2. The molecule has 0 saturated heterocycles. The predicted molar refractivity (Wildman–Crippen MR) is 380 cm³/mol. The van der Waals surface area contributed by atoms with Gasteiger partial charge in [-0.25, -0.2) is 38.7 Å². The SMILES string of the molecule is CCCC[Si](C)(CCC(C)(F)F)O[Si@@]1(O[Si](CCCC(F)(F)F)(CCCC(F)(F)F)CCC(F)(F)C(F)(F)F)n2c3c4c(SC)ccc(SCC)c4c2N=C2N=C(N=c4c5c(SC)ccc(SC)c5c(n41)=NC1=NC(=N3)c3c(SC)ccc(SC)c31)c1c(SC)ccc(SC)c12. The van der Waals surface area contributed by atoms with Gasteiger partial charge in [-0.3, -0.25) is 8.47 Å². The van der Waals surface area contributed by atoms with Gasteiger partial charge in [-0.1, -0.05) is 26.7 Å². The molecule has 10 rings (SSSR count). The second kappa shape index (κ2) is 29.2. The molecule has 520 valence electrons. The molecule has 6 bridgehead atoms. The number of thioether (sulfide) groups is 8. The van der Waals surface area contributed by atoms with Crippen LogP contribution in [0.1, 0.15) is 94.4 Å².